The molecule has 1 aliphatic heterocycles. The van der Waals surface area contributed by atoms with Gasteiger partial charge in [-0.1, -0.05) is 27.7 Å². The second kappa shape index (κ2) is 11.0. The first kappa shape index (κ1) is 20.4. The number of hydrogen-bond acceptors (Lipinski definition) is 3. The van der Waals surface area contributed by atoms with Crippen molar-refractivity contribution in [2.24, 2.45) is 5.92 Å². The number of rotatable bonds is 5. The fraction of sp³-hybridized carbons (Fsp3) is 0.947. The topological polar surface area (TPSA) is 38.8 Å². The summed E-state index contributed by atoms with van der Waals surface area (Å²) in [5, 5.41) is 0. The van der Waals surface area contributed by atoms with Crippen molar-refractivity contribution in [2.45, 2.75) is 91.5 Å². The van der Waals surface area contributed by atoms with E-state index in [1.54, 1.807) is 0 Å². The molecule has 23 heavy (non-hydrogen) atoms. The number of carbonyl (C=O) groups is 1. The predicted octanol–water partition coefficient (Wildman–Crippen LogP) is 4.02. The van der Waals surface area contributed by atoms with E-state index >= 15 is 0 Å². The normalized spacial score (nSPS) is 25.9. The van der Waals surface area contributed by atoms with E-state index in [0.29, 0.717) is 18.3 Å². The second-order valence-electron chi connectivity index (χ2n) is 6.67. The third-order valence-corrected chi connectivity index (χ3v) is 4.66. The molecule has 4 nitrogen and oxygen atoms in total. The smallest absolute Gasteiger partial charge is 0.225 e. The minimum atomic E-state index is 0.108. The number of hydrogen-bond donors (Lipinski definition) is 0. The molecule has 1 saturated carbocycles. The Bertz CT molecular complexity index is 317. The van der Waals surface area contributed by atoms with Gasteiger partial charge >= 0.3 is 0 Å². The first-order valence-electron chi connectivity index (χ1n) is 9.66. The van der Waals surface area contributed by atoms with Crippen molar-refractivity contribution in [2.75, 3.05) is 19.7 Å². The van der Waals surface area contributed by atoms with Gasteiger partial charge in [-0.05, 0) is 45.4 Å². The summed E-state index contributed by atoms with van der Waals surface area (Å²) in [6.45, 7) is 12.5. The third-order valence-electron chi connectivity index (χ3n) is 4.66. The average Bonchev–Trinajstić information content (AvgIpc) is 2.59. The van der Waals surface area contributed by atoms with E-state index in [4.69, 9.17) is 9.47 Å². The Kier molecular flexibility index (Phi) is 9.80. The van der Waals surface area contributed by atoms with E-state index in [-0.39, 0.29) is 11.8 Å². The molecule has 2 rings (SSSR count). The zero-order valence-electron chi connectivity index (χ0n) is 15.8. The quantitative estimate of drug-likeness (QED) is 0.765. The molecule has 0 aromatic rings. The molecule has 0 atom stereocenters. The molecule has 0 aromatic carbocycles. The number of carbonyl (C=O) groups excluding carboxylic acids is 1. The van der Waals surface area contributed by atoms with Crippen LogP contribution in [0.25, 0.3) is 0 Å². The van der Waals surface area contributed by atoms with Crippen molar-refractivity contribution >= 4 is 5.91 Å². The molecule has 1 amide bonds. The lowest BCUT2D eigenvalue weighted by Crippen LogP contribution is -2.43. The Morgan fingerprint density at radius 1 is 0.957 bits per heavy atom. The SMILES string of the molecule is CC.CCOC1CCC(OC2CCN(C(=O)C(C)C)CC2)CC1. The van der Waals surface area contributed by atoms with E-state index in [1.807, 2.05) is 32.6 Å². The van der Waals surface area contributed by atoms with Crippen molar-refractivity contribution < 1.29 is 14.3 Å². The molecule has 4 heteroatoms. The first-order valence-corrected chi connectivity index (χ1v) is 9.66. The van der Waals surface area contributed by atoms with Gasteiger partial charge in [0.2, 0.25) is 5.91 Å². The fourth-order valence-electron chi connectivity index (χ4n) is 3.42. The van der Waals surface area contributed by atoms with Crippen molar-refractivity contribution in [1.82, 2.24) is 4.90 Å². The molecule has 0 bridgehead atoms. The van der Waals surface area contributed by atoms with E-state index in [0.717, 1.165) is 58.2 Å². The van der Waals surface area contributed by atoms with Crippen LogP contribution < -0.4 is 0 Å². The Balaban J connectivity index is 0.00000127. The number of nitrogens with zero attached hydrogens (tertiary/aromatic N) is 1. The van der Waals surface area contributed by atoms with Gasteiger partial charge in [-0.2, -0.15) is 0 Å². The van der Waals surface area contributed by atoms with Crippen molar-refractivity contribution in [3.63, 3.8) is 0 Å². The van der Waals surface area contributed by atoms with Gasteiger partial charge in [0.05, 0.1) is 18.3 Å². The molecule has 2 fully saturated rings. The summed E-state index contributed by atoms with van der Waals surface area (Å²) < 4.78 is 11.9. The predicted molar refractivity (Wildman–Crippen MR) is 94.5 cm³/mol. The molecule has 0 unspecified atom stereocenters. The van der Waals surface area contributed by atoms with Gasteiger partial charge in [0.25, 0.3) is 0 Å². The second-order valence-corrected chi connectivity index (χ2v) is 6.67. The summed E-state index contributed by atoms with van der Waals surface area (Å²) in [7, 11) is 0. The van der Waals surface area contributed by atoms with E-state index < -0.39 is 0 Å². The van der Waals surface area contributed by atoms with Crippen LogP contribution in [0.1, 0.15) is 73.1 Å². The molecular formula is C19H37NO3. The lowest BCUT2D eigenvalue weighted by atomic mass is 9.94. The molecule has 2 aliphatic rings. The third kappa shape index (κ3) is 6.80. The number of piperidine rings is 1. The largest absolute Gasteiger partial charge is 0.379 e. The van der Waals surface area contributed by atoms with Gasteiger partial charge in [0, 0.05) is 25.6 Å². The van der Waals surface area contributed by atoms with Crippen molar-refractivity contribution in [3.8, 4) is 0 Å². The molecular weight excluding hydrogens is 290 g/mol. The van der Waals surface area contributed by atoms with Gasteiger partial charge in [-0.3, -0.25) is 4.79 Å². The van der Waals surface area contributed by atoms with Crippen LogP contribution in [0, 0.1) is 5.92 Å². The Labute approximate surface area is 142 Å². The average molecular weight is 328 g/mol. The minimum Gasteiger partial charge on any atom is -0.379 e. The van der Waals surface area contributed by atoms with Gasteiger partial charge in [0.1, 0.15) is 0 Å². The monoisotopic (exact) mass is 327 g/mol. The molecule has 136 valence electrons. The van der Waals surface area contributed by atoms with E-state index in [9.17, 15) is 4.79 Å². The molecule has 1 aliphatic carbocycles. The number of likely N-dealkylation sites (tertiary alicyclic amines) is 1. The molecule has 1 saturated heterocycles. The molecule has 0 radical (unpaired) electrons. The van der Waals surface area contributed by atoms with Crippen LogP contribution in [0.2, 0.25) is 0 Å². The van der Waals surface area contributed by atoms with Crippen LogP contribution in [0.3, 0.4) is 0 Å². The van der Waals surface area contributed by atoms with Crippen molar-refractivity contribution in [3.05, 3.63) is 0 Å². The van der Waals surface area contributed by atoms with E-state index in [1.165, 1.54) is 0 Å². The summed E-state index contributed by atoms with van der Waals surface area (Å²) in [5.41, 5.74) is 0. The highest BCUT2D eigenvalue weighted by Gasteiger charge is 2.28. The van der Waals surface area contributed by atoms with Gasteiger partial charge < -0.3 is 14.4 Å². The molecule has 0 spiro atoms. The molecule has 0 N–H and O–H groups in total. The highest BCUT2D eigenvalue weighted by Crippen LogP contribution is 2.26. The summed E-state index contributed by atoms with van der Waals surface area (Å²) in [6, 6.07) is 0. The van der Waals surface area contributed by atoms with Gasteiger partial charge in [-0.25, -0.2) is 0 Å². The lowest BCUT2D eigenvalue weighted by molar-refractivity contribution is -0.138. The summed E-state index contributed by atoms with van der Waals surface area (Å²) in [4.78, 5) is 14.0. The van der Waals surface area contributed by atoms with Crippen LogP contribution in [0.5, 0.6) is 0 Å². The van der Waals surface area contributed by atoms with Crippen LogP contribution in [-0.4, -0.2) is 48.8 Å². The number of ether oxygens (including phenoxy) is 2. The Morgan fingerprint density at radius 2 is 1.43 bits per heavy atom. The Hall–Kier alpha value is -0.610. The Morgan fingerprint density at radius 3 is 1.91 bits per heavy atom. The fourth-order valence-corrected chi connectivity index (χ4v) is 3.42. The van der Waals surface area contributed by atoms with Gasteiger partial charge in [-0.15, -0.1) is 0 Å². The lowest BCUT2D eigenvalue weighted by Gasteiger charge is -2.36. The standard InChI is InChI=1S/C17H31NO3.C2H6/c1-4-20-14-5-7-15(8-6-14)21-16-9-11-18(12-10-16)17(19)13(2)3;1-2/h13-16H,4-12H2,1-3H3;1-2H3. The van der Waals surface area contributed by atoms with Gasteiger partial charge in [0.15, 0.2) is 0 Å². The van der Waals surface area contributed by atoms with Crippen LogP contribution in [0.4, 0.5) is 0 Å². The van der Waals surface area contributed by atoms with E-state index in [2.05, 4.69) is 6.92 Å². The van der Waals surface area contributed by atoms with Crippen LogP contribution >= 0.6 is 0 Å². The highest BCUT2D eigenvalue weighted by molar-refractivity contribution is 5.78. The summed E-state index contributed by atoms with van der Waals surface area (Å²) >= 11 is 0. The van der Waals surface area contributed by atoms with Crippen LogP contribution in [0.15, 0.2) is 0 Å². The maximum Gasteiger partial charge on any atom is 0.225 e. The van der Waals surface area contributed by atoms with Crippen molar-refractivity contribution in [1.29, 1.82) is 0 Å². The van der Waals surface area contributed by atoms with Crippen LogP contribution in [-0.2, 0) is 14.3 Å². The highest BCUT2D eigenvalue weighted by atomic mass is 16.5. The number of amides is 1. The first-order chi connectivity index (χ1) is 11.1. The minimum absolute atomic E-state index is 0.108. The zero-order chi connectivity index (χ0) is 17.2. The molecule has 1 heterocycles. The summed E-state index contributed by atoms with van der Waals surface area (Å²) in [6.07, 6.45) is 7.67. The maximum atomic E-state index is 12.0. The molecule has 0 aromatic heterocycles. The maximum absolute atomic E-state index is 12.0. The summed E-state index contributed by atoms with van der Waals surface area (Å²) in [5.74, 6) is 0.391. The zero-order valence-corrected chi connectivity index (χ0v) is 15.8.